The molecule has 144 valence electrons. The van der Waals surface area contributed by atoms with Crippen LogP contribution in [-0.4, -0.2) is 26.6 Å². The van der Waals surface area contributed by atoms with Gasteiger partial charge in [0, 0.05) is 12.1 Å². The van der Waals surface area contributed by atoms with Crippen molar-refractivity contribution in [1.29, 1.82) is 0 Å². The Bertz CT molecular complexity index is 973. The summed E-state index contributed by atoms with van der Waals surface area (Å²) in [6.45, 7) is 3.79. The number of amides is 1. The lowest BCUT2D eigenvalue weighted by atomic mass is 9.93. The van der Waals surface area contributed by atoms with E-state index in [0.717, 1.165) is 12.1 Å². The minimum absolute atomic E-state index is 0.123. The summed E-state index contributed by atoms with van der Waals surface area (Å²) in [6.07, 6.45) is 0.576. The fourth-order valence-corrected chi connectivity index (χ4v) is 4.59. The summed E-state index contributed by atoms with van der Waals surface area (Å²) in [7, 11) is -3.28. The quantitative estimate of drug-likeness (QED) is 0.866. The van der Waals surface area contributed by atoms with Gasteiger partial charge in [0.05, 0.1) is 17.0 Å². The summed E-state index contributed by atoms with van der Waals surface area (Å²) >= 11 is 0. The topological polar surface area (TPSA) is 66.5 Å². The van der Waals surface area contributed by atoms with Crippen LogP contribution in [0.5, 0.6) is 0 Å². The van der Waals surface area contributed by atoms with Crippen LogP contribution in [0.3, 0.4) is 0 Å². The first kappa shape index (κ1) is 19.3. The zero-order valence-electron chi connectivity index (χ0n) is 15.0. The molecule has 0 spiro atoms. The molecule has 1 heterocycles. The van der Waals surface area contributed by atoms with E-state index in [1.165, 1.54) is 10.4 Å². The maximum Gasteiger partial charge on any atom is 0.251 e. The van der Waals surface area contributed by atoms with Gasteiger partial charge in [0.15, 0.2) is 11.6 Å². The maximum absolute atomic E-state index is 13.5. The van der Waals surface area contributed by atoms with E-state index in [2.05, 4.69) is 5.32 Å². The molecule has 0 atom stereocenters. The van der Waals surface area contributed by atoms with Crippen LogP contribution in [0, 0.1) is 11.6 Å². The predicted octanol–water partition coefficient (Wildman–Crippen LogP) is 3.17. The van der Waals surface area contributed by atoms with Crippen LogP contribution < -0.4 is 9.62 Å². The van der Waals surface area contributed by atoms with Gasteiger partial charge in [0.25, 0.3) is 5.91 Å². The van der Waals surface area contributed by atoms with Gasteiger partial charge >= 0.3 is 0 Å². The third kappa shape index (κ3) is 3.95. The second-order valence-corrected chi connectivity index (χ2v) is 9.01. The SMILES string of the molecule is CC(C)(NC(=O)c1ccc(N2CCCS2(=O)=O)cc1)c1ccc(F)c(F)c1. The third-order valence-corrected chi connectivity index (χ3v) is 6.45. The molecule has 2 aromatic carbocycles. The lowest BCUT2D eigenvalue weighted by Gasteiger charge is -2.27. The van der Waals surface area contributed by atoms with Crippen molar-refractivity contribution in [3.63, 3.8) is 0 Å². The summed E-state index contributed by atoms with van der Waals surface area (Å²) in [5.74, 6) is -2.21. The standard InChI is InChI=1S/C19H20F2N2O3S/c1-19(2,14-6-9-16(20)17(21)12-14)22-18(24)13-4-7-15(8-5-13)23-10-3-11-27(23,25)26/h4-9,12H,3,10-11H2,1-2H3,(H,22,24). The summed E-state index contributed by atoms with van der Waals surface area (Å²) in [5, 5.41) is 2.78. The second kappa shape index (κ2) is 6.92. The number of nitrogens with zero attached hydrogens (tertiary/aromatic N) is 1. The van der Waals surface area contributed by atoms with Gasteiger partial charge in [0.1, 0.15) is 0 Å². The average Bonchev–Trinajstić information content (AvgIpc) is 2.96. The van der Waals surface area contributed by atoms with Crippen LogP contribution in [0.25, 0.3) is 0 Å². The van der Waals surface area contributed by atoms with E-state index in [4.69, 9.17) is 0 Å². The highest BCUT2D eigenvalue weighted by atomic mass is 32.2. The molecule has 27 heavy (non-hydrogen) atoms. The Morgan fingerprint density at radius 1 is 1.07 bits per heavy atom. The number of hydrogen-bond donors (Lipinski definition) is 1. The molecule has 0 saturated carbocycles. The van der Waals surface area contributed by atoms with Crippen molar-refractivity contribution in [2.45, 2.75) is 25.8 Å². The van der Waals surface area contributed by atoms with Crippen LogP contribution in [0.1, 0.15) is 36.2 Å². The van der Waals surface area contributed by atoms with Crippen molar-refractivity contribution in [3.8, 4) is 0 Å². The number of halogens is 2. The minimum Gasteiger partial charge on any atom is -0.343 e. The highest BCUT2D eigenvalue weighted by Crippen LogP contribution is 2.25. The minimum atomic E-state index is -3.28. The van der Waals surface area contributed by atoms with Crippen molar-refractivity contribution < 1.29 is 22.0 Å². The van der Waals surface area contributed by atoms with Crippen molar-refractivity contribution in [2.24, 2.45) is 0 Å². The molecule has 0 unspecified atom stereocenters. The zero-order valence-corrected chi connectivity index (χ0v) is 15.8. The normalized spacial score (nSPS) is 16.4. The van der Waals surface area contributed by atoms with Crippen LogP contribution in [0.2, 0.25) is 0 Å². The summed E-state index contributed by atoms with van der Waals surface area (Å²) < 4.78 is 51.9. The van der Waals surface area contributed by atoms with Crippen molar-refractivity contribution in [3.05, 3.63) is 65.2 Å². The first-order valence-electron chi connectivity index (χ1n) is 8.49. The molecule has 0 aromatic heterocycles. The molecule has 0 aliphatic carbocycles. The molecular formula is C19H20F2N2O3S. The van der Waals surface area contributed by atoms with E-state index < -0.39 is 33.1 Å². The van der Waals surface area contributed by atoms with Gasteiger partial charge in [-0.2, -0.15) is 0 Å². The number of nitrogens with one attached hydrogen (secondary N) is 1. The fourth-order valence-electron chi connectivity index (χ4n) is 3.02. The molecule has 0 radical (unpaired) electrons. The number of anilines is 1. The molecule has 1 aliphatic rings. The molecule has 2 aromatic rings. The van der Waals surface area contributed by atoms with Gasteiger partial charge in [-0.1, -0.05) is 6.07 Å². The van der Waals surface area contributed by atoms with Crippen molar-refractivity contribution in [1.82, 2.24) is 5.32 Å². The number of carbonyl (C=O) groups is 1. The number of rotatable bonds is 4. The number of hydrogen-bond acceptors (Lipinski definition) is 3. The number of sulfonamides is 1. The van der Waals surface area contributed by atoms with Gasteiger partial charge in [-0.3, -0.25) is 9.10 Å². The molecule has 1 fully saturated rings. The fraction of sp³-hybridized carbons (Fsp3) is 0.316. The van der Waals surface area contributed by atoms with E-state index in [9.17, 15) is 22.0 Å². The first-order valence-corrected chi connectivity index (χ1v) is 10.1. The van der Waals surface area contributed by atoms with Crippen LogP contribution in [-0.2, 0) is 15.6 Å². The van der Waals surface area contributed by atoms with Crippen LogP contribution >= 0.6 is 0 Å². The van der Waals surface area contributed by atoms with Crippen LogP contribution in [0.15, 0.2) is 42.5 Å². The highest BCUT2D eigenvalue weighted by molar-refractivity contribution is 7.93. The Morgan fingerprint density at radius 3 is 2.30 bits per heavy atom. The molecule has 3 rings (SSSR count). The van der Waals surface area contributed by atoms with E-state index >= 15 is 0 Å². The Kier molecular flexibility index (Phi) is 4.94. The second-order valence-electron chi connectivity index (χ2n) is 7.00. The van der Waals surface area contributed by atoms with E-state index in [1.807, 2.05) is 0 Å². The predicted molar refractivity (Wildman–Crippen MR) is 99.0 cm³/mol. The monoisotopic (exact) mass is 394 g/mol. The molecule has 1 amide bonds. The summed E-state index contributed by atoms with van der Waals surface area (Å²) in [4.78, 5) is 12.5. The van der Waals surface area contributed by atoms with Gasteiger partial charge in [-0.25, -0.2) is 17.2 Å². The molecular weight excluding hydrogens is 374 g/mol. The maximum atomic E-state index is 13.5. The van der Waals surface area contributed by atoms with Gasteiger partial charge in [-0.05, 0) is 62.2 Å². The average molecular weight is 394 g/mol. The molecule has 1 aliphatic heterocycles. The number of benzene rings is 2. The lowest BCUT2D eigenvalue weighted by Crippen LogP contribution is -2.41. The van der Waals surface area contributed by atoms with Crippen LogP contribution in [0.4, 0.5) is 14.5 Å². The third-order valence-electron chi connectivity index (χ3n) is 4.58. The van der Waals surface area contributed by atoms with Crippen molar-refractivity contribution >= 4 is 21.6 Å². The Labute approximate surface area is 157 Å². The van der Waals surface area contributed by atoms with E-state index in [0.29, 0.717) is 29.8 Å². The molecule has 8 heteroatoms. The first-order chi connectivity index (χ1) is 12.6. The Hall–Kier alpha value is -2.48. The van der Waals surface area contributed by atoms with Gasteiger partial charge < -0.3 is 5.32 Å². The lowest BCUT2D eigenvalue weighted by molar-refractivity contribution is 0.0912. The molecule has 1 saturated heterocycles. The smallest absolute Gasteiger partial charge is 0.251 e. The number of carbonyl (C=O) groups excluding carboxylic acids is 1. The van der Waals surface area contributed by atoms with Gasteiger partial charge in [-0.15, -0.1) is 0 Å². The molecule has 5 nitrogen and oxygen atoms in total. The molecule has 0 bridgehead atoms. The van der Waals surface area contributed by atoms with E-state index in [1.54, 1.807) is 38.1 Å². The highest BCUT2D eigenvalue weighted by Gasteiger charge is 2.29. The Balaban J connectivity index is 1.76. The summed E-state index contributed by atoms with van der Waals surface area (Å²) in [6, 6.07) is 9.74. The van der Waals surface area contributed by atoms with Gasteiger partial charge in [0.2, 0.25) is 10.0 Å². The zero-order chi connectivity index (χ0) is 19.8. The summed E-state index contributed by atoms with van der Waals surface area (Å²) in [5.41, 5.74) is 0.354. The Morgan fingerprint density at radius 2 is 1.74 bits per heavy atom. The largest absolute Gasteiger partial charge is 0.343 e. The molecule has 1 N–H and O–H groups in total. The van der Waals surface area contributed by atoms with Crippen molar-refractivity contribution in [2.75, 3.05) is 16.6 Å². The van der Waals surface area contributed by atoms with E-state index in [-0.39, 0.29) is 5.75 Å².